The van der Waals surface area contributed by atoms with Gasteiger partial charge in [0.1, 0.15) is 5.75 Å². The second-order valence-electron chi connectivity index (χ2n) is 6.99. The largest absolute Gasteiger partial charge is 0.497 e. The van der Waals surface area contributed by atoms with Crippen molar-refractivity contribution in [1.29, 1.82) is 0 Å². The average Bonchev–Trinajstić information content (AvgIpc) is 2.73. The van der Waals surface area contributed by atoms with Gasteiger partial charge in [0, 0.05) is 38.3 Å². The van der Waals surface area contributed by atoms with Gasteiger partial charge in [0.25, 0.3) is 0 Å². The van der Waals surface area contributed by atoms with Gasteiger partial charge >= 0.3 is 0 Å². The molecule has 0 atom stereocenters. The molecule has 1 saturated heterocycles. The van der Waals surface area contributed by atoms with Crippen LogP contribution < -0.4 is 10.5 Å². The van der Waals surface area contributed by atoms with Crippen molar-refractivity contribution in [3.05, 3.63) is 59.7 Å². The molecule has 6 nitrogen and oxygen atoms in total. The number of benzene rings is 2. The van der Waals surface area contributed by atoms with E-state index in [0.29, 0.717) is 45.4 Å². The molecule has 3 rings (SSSR count). The van der Waals surface area contributed by atoms with E-state index in [1.807, 2.05) is 58.3 Å². The summed E-state index contributed by atoms with van der Waals surface area (Å²) < 4.78 is 5.21. The molecule has 0 spiro atoms. The van der Waals surface area contributed by atoms with E-state index in [-0.39, 0.29) is 11.8 Å². The highest BCUT2D eigenvalue weighted by molar-refractivity contribution is 5.80. The Bertz CT molecular complexity index is 829. The highest BCUT2D eigenvalue weighted by atomic mass is 16.5. The monoisotopic (exact) mass is 381 g/mol. The van der Waals surface area contributed by atoms with Crippen molar-refractivity contribution in [3.8, 4) is 5.75 Å². The molecule has 0 radical (unpaired) electrons. The zero-order valence-electron chi connectivity index (χ0n) is 16.3. The van der Waals surface area contributed by atoms with Crippen LogP contribution in [0.2, 0.25) is 0 Å². The molecule has 0 saturated carbocycles. The Labute approximate surface area is 165 Å². The Balaban J connectivity index is 1.46. The number of anilines is 1. The van der Waals surface area contributed by atoms with Gasteiger partial charge in [0.15, 0.2) is 0 Å². The van der Waals surface area contributed by atoms with Gasteiger partial charge in [0.2, 0.25) is 11.8 Å². The molecule has 2 aromatic rings. The van der Waals surface area contributed by atoms with Gasteiger partial charge in [-0.1, -0.05) is 30.3 Å². The van der Waals surface area contributed by atoms with Gasteiger partial charge in [-0.05, 0) is 35.7 Å². The number of carbonyl (C=O) groups is 2. The summed E-state index contributed by atoms with van der Waals surface area (Å²) in [5, 5.41) is 0. The van der Waals surface area contributed by atoms with E-state index in [2.05, 4.69) is 0 Å². The summed E-state index contributed by atoms with van der Waals surface area (Å²) in [5.41, 5.74) is 8.60. The molecule has 1 heterocycles. The van der Waals surface area contributed by atoms with E-state index in [1.165, 1.54) is 0 Å². The Morgan fingerprint density at radius 1 is 0.964 bits per heavy atom. The molecule has 1 aliphatic heterocycles. The lowest BCUT2D eigenvalue weighted by atomic mass is 10.1. The topological polar surface area (TPSA) is 75.9 Å². The summed E-state index contributed by atoms with van der Waals surface area (Å²) in [6, 6.07) is 15.2. The highest BCUT2D eigenvalue weighted by Gasteiger charge is 2.24. The van der Waals surface area contributed by atoms with Gasteiger partial charge in [-0.25, -0.2) is 0 Å². The molecule has 0 aromatic heterocycles. The zero-order valence-corrected chi connectivity index (χ0v) is 16.3. The van der Waals surface area contributed by atoms with Crippen molar-refractivity contribution in [1.82, 2.24) is 9.80 Å². The third-order valence-electron chi connectivity index (χ3n) is 5.14. The molecule has 2 N–H and O–H groups in total. The van der Waals surface area contributed by atoms with Crippen molar-refractivity contribution < 1.29 is 14.3 Å². The summed E-state index contributed by atoms with van der Waals surface area (Å²) in [5.74, 6) is 0.945. The third-order valence-corrected chi connectivity index (χ3v) is 5.14. The van der Waals surface area contributed by atoms with Gasteiger partial charge in [0.05, 0.1) is 13.5 Å². The molecule has 0 aliphatic carbocycles. The number of rotatable bonds is 6. The maximum absolute atomic E-state index is 12.6. The number of para-hydroxylation sites is 1. The number of aryl methyl sites for hydroxylation is 1. The first-order valence-corrected chi connectivity index (χ1v) is 9.58. The first-order chi connectivity index (χ1) is 13.6. The predicted molar refractivity (Wildman–Crippen MR) is 109 cm³/mol. The lowest BCUT2D eigenvalue weighted by Gasteiger charge is -2.35. The second-order valence-corrected chi connectivity index (χ2v) is 6.99. The zero-order chi connectivity index (χ0) is 19.9. The van der Waals surface area contributed by atoms with Crippen molar-refractivity contribution >= 4 is 17.5 Å². The summed E-state index contributed by atoms with van der Waals surface area (Å²) >= 11 is 0. The summed E-state index contributed by atoms with van der Waals surface area (Å²) in [7, 11) is 1.61. The summed E-state index contributed by atoms with van der Waals surface area (Å²) in [4.78, 5) is 28.7. The first kappa shape index (κ1) is 19.7. The number of methoxy groups -OCH3 is 1. The minimum absolute atomic E-state index is 0.0809. The molecule has 2 amide bonds. The lowest BCUT2D eigenvalue weighted by molar-refractivity contribution is -0.139. The fourth-order valence-electron chi connectivity index (χ4n) is 3.44. The first-order valence-electron chi connectivity index (χ1n) is 9.58. The van der Waals surface area contributed by atoms with E-state index < -0.39 is 0 Å². The van der Waals surface area contributed by atoms with Crippen LogP contribution >= 0.6 is 0 Å². The van der Waals surface area contributed by atoms with Crippen LogP contribution in [0, 0.1) is 0 Å². The van der Waals surface area contributed by atoms with E-state index in [4.69, 9.17) is 10.5 Å². The molecular weight excluding hydrogens is 354 g/mol. The van der Waals surface area contributed by atoms with Crippen LogP contribution in [0.1, 0.15) is 17.5 Å². The number of carbonyl (C=O) groups excluding carboxylic acids is 2. The number of piperazine rings is 1. The molecule has 0 bridgehead atoms. The number of hydrogen-bond donors (Lipinski definition) is 1. The maximum Gasteiger partial charge on any atom is 0.227 e. The molecule has 1 fully saturated rings. The highest BCUT2D eigenvalue weighted by Crippen LogP contribution is 2.16. The van der Waals surface area contributed by atoms with Gasteiger partial charge in [-0.3, -0.25) is 9.59 Å². The Hall–Kier alpha value is -3.02. The van der Waals surface area contributed by atoms with Gasteiger partial charge in [-0.2, -0.15) is 0 Å². The Morgan fingerprint density at radius 2 is 1.64 bits per heavy atom. The second kappa shape index (κ2) is 9.26. The number of ether oxygens (including phenoxy) is 1. The summed E-state index contributed by atoms with van der Waals surface area (Å²) in [6.07, 6.45) is 1.42. The van der Waals surface area contributed by atoms with Crippen molar-refractivity contribution in [2.75, 3.05) is 39.0 Å². The number of hydrogen-bond acceptors (Lipinski definition) is 4. The van der Waals surface area contributed by atoms with Crippen LogP contribution in [-0.2, 0) is 22.4 Å². The molecule has 6 heteroatoms. The quantitative estimate of drug-likeness (QED) is 0.778. The number of nitrogens with two attached hydrogens (primary N) is 1. The van der Waals surface area contributed by atoms with E-state index in [9.17, 15) is 9.59 Å². The van der Waals surface area contributed by atoms with E-state index in [0.717, 1.165) is 22.6 Å². The maximum atomic E-state index is 12.6. The predicted octanol–water partition coefficient (Wildman–Crippen LogP) is 2.12. The Morgan fingerprint density at radius 3 is 2.32 bits per heavy atom. The molecule has 1 aliphatic rings. The molecule has 28 heavy (non-hydrogen) atoms. The minimum atomic E-state index is 0.0809. The molecule has 148 valence electrons. The van der Waals surface area contributed by atoms with Crippen LogP contribution in [-0.4, -0.2) is 54.9 Å². The van der Waals surface area contributed by atoms with Crippen LogP contribution in [0.3, 0.4) is 0 Å². The van der Waals surface area contributed by atoms with Crippen LogP contribution in [0.4, 0.5) is 5.69 Å². The third kappa shape index (κ3) is 5.03. The summed E-state index contributed by atoms with van der Waals surface area (Å²) in [6.45, 7) is 2.30. The number of nitrogen functional groups attached to an aromatic ring is 1. The Kier molecular flexibility index (Phi) is 6.53. The number of amides is 2. The van der Waals surface area contributed by atoms with Crippen molar-refractivity contribution in [2.45, 2.75) is 19.3 Å². The van der Waals surface area contributed by atoms with Crippen LogP contribution in [0.5, 0.6) is 5.75 Å². The van der Waals surface area contributed by atoms with Crippen molar-refractivity contribution in [2.24, 2.45) is 0 Å². The standard InChI is InChI=1S/C22H27N3O3/c1-28-19-7-4-5-17(15-19)16-22(27)25-13-11-24(12-14-25)21(26)10-9-18-6-2-3-8-20(18)23/h2-8,15H,9-14,16,23H2,1H3. The SMILES string of the molecule is COc1cccc(CC(=O)N2CCN(C(=O)CCc3ccccc3N)CC2)c1. The molecular formula is C22H27N3O3. The molecule has 0 unspecified atom stereocenters. The smallest absolute Gasteiger partial charge is 0.227 e. The minimum Gasteiger partial charge on any atom is -0.497 e. The van der Waals surface area contributed by atoms with Crippen LogP contribution in [0.15, 0.2) is 48.5 Å². The average molecular weight is 381 g/mol. The van der Waals surface area contributed by atoms with Gasteiger partial charge < -0.3 is 20.3 Å². The van der Waals surface area contributed by atoms with Crippen LogP contribution in [0.25, 0.3) is 0 Å². The van der Waals surface area contributed by atoms with Gasteiger partial charge in [-0.15, -0.1) is 0 Å². The normalized spacial score (nSPS) is 14.0. The fourth-order valence-corrected chi connectivity index (χ4v) is 3.44. The van der Waals surface area contributed by atoms with Crippen molar-refractivity contribution in [3.63, 3.8) is 0 Å². The molecule has 2 aromatic carbocycles. The lowest BCUT2D eigenvalue weighted by Crippen LogP contribution is -2.51. The van der Waals surface area contributed by atoms with E-state index in [1.54, 1.807) is 7.11 Å². The fraction of sp³-hybridized carbons (Fsp3) is 0.364. The number of nitrogens with zero attached hydrogens (tertiary/aromatic N) is 2. The van der Waals surface area contributed by atoms with E-state index >= 15 is 0 Å².